The molecule has 0 spiro atoms. The fraction of sp³-hybridized carbons (Fsp3) is 0.792. The van der Waals surface area contributed by atoms with Gasteiger partial charge in [0.05, 0.1) is 32.0 Å². The molecule has 1 aromatic heterocycles. The average Bonchev–Trinajstić information content (AvgIpc) is 3.22. The van der Waals surface area contributed by atoms with Crippen LogP contribution in [0.2, 0.25) is 0 Å². The summed E-state index contributed by atoms with van der Waals surface area (Å²) in [6.07, 6.45) is 2.22. The number of aromatic amines is 1. The minimum absolute atomic E-state index is 0.165. The Labute approximate surface area is 219 Å². The van der Waals surface area contributed by atoms with E-state index in [1.165, 1.54) is 16.3 Å². The molecule has 1 fully saturated rings. The van der Waals surface area contributed by atoms with Gasteiger partial charge in [-0.25, -0.2) is 9.46 Å². The van der Waals surface area contributed by atoms with Crippen LogP contribution in [0, 0.1) is 6.92 Å². The van der Waals surface area contributed by atoms with Gasteiger partial charge in [0.2, 0.25) is 0 Å². The number of thioether (sulfide) groups is 1. The van der Waals surface area contributed by atoms with Crippen molar-refractivity contribution >= 4 is 25.4 Å². The zero-order chi connectivity index (χ0) is 26.8. The number of nitrogens with zero attached hydrogens (tertiary/aromatic N) is 2. The lowest BCUT2D eigenvalue weighted by Gasteiger charge is -2.37. The molecule has 0 aromatic carbocycles. The summed E-state index contributed by atoms with van der Waals surface area (Å²) < 4.78 is 28.3. The summed E-state index contributed by atoms with van der Waals surface area (Å²) in [7, 11) is -1.42. The van der Waals surface area contributed by atoms with Crippen molar-refractivity contribution < 1.29 is 23.3 Å². The molecule has 0 radical (unpaired) electrons. The predicted molar refractivity (Wildman–Crippen MR) is 143 cm³/mol. The first-order chi connectivity index (χ1) is 17.1. The quantitative estimate of drug-likeness (QED) is 0.257. The standard InChI is InChI=1S/C24H42N3O7PS/c1-8-19-20(14-21(33-19)26-15-18(7)23(29)25-24(26)30)34-35(27(16(3)4)17(5)6)32-11-10-31-12-13-36-22(28)9-2/h15-17,19-21H,8-14H2,1-7H3,(H,25,29,30). The monoisotopic (exact) mass is 547 g/mol. The molecule has 1 N–H and O–H groups in total. The number of aromatic nitrogens is 2. The summed E-state index contributed by atoms with van der Waals surface area (Å²) in [4.78, 5) is 37.9. The van der Waals surface area contributed by atoms with Gasteiger partial charge < -0.3 is 18.5 Å². The Morgan fingerprint density at radius 1 is 1.22 bits per heavy atom. The lowest BCUT2D eigenvalue weighted by atomic mass is 10.1. The Balaban J connectivity index is 2.06. The first kappa shape index (κ1) is 31.1. The second-order valence-corrected chi connectivity index (χ2v) is 11.8. The Hall–Kier alpha value is -1.07. The van der Waals surface area contributed by atoms with E-state index in [1.54, 1.807) is 13.1 Å². The van der Waals surface area contributed by atoms with Crippen molar-refractivity contribution in [1.29, 1.82) is 0 Å². The molecule has 0 aliphatic carbocycles. The van der Waals surface area contributed by atoms with E-state index >= 15 is 0 Å². The van der Waals surface area contributed by atoms with E-state index in [9.17, 15) is 14.4 Å². The summed E-state index contributed by atoms with van der Waals surface area (Å²) in [5.74, 6) is 0.630. The average molecular weight is 548 g/mol. The number of H-pyrrole nitrogens is 1. The van der Waals surface area contributed by atoms with Crippen molar-refractivity contribution in [3.63, 3.8) is 0 Å². The zero-order valence-corrected chi connectivity index (χ0v) is 24.2. The van der Waals surface area contributed by atoms with Crippen LogP contribution in [0.1, 0.15) is 72.6 Å². The zero-order valence-electron chi connectivity index (χ0n) is 22.5. The fourth-order valence-corrected chi connectivity index (χ4v) is 6.35. The molecule has 0 bridgehead atoms. The number of rotatable bonds is 15. The maximum absolute atomic E-state index is 12.4. The number of carbonyl (C=O) groups is 1. The highest BCUT2D eigenvalue weighted by atomic mass is 32.2. The van der Waals surface area contributed by atoms with Gasteiger partial charge in [0, 0.05) is 42.4 Å². The van der Waals surface area contributed by atoms with Gasteiger partial charge in [-0.1, -0.05) is 25.6 Å². The molecule has 4 atom stereocenters. The van der Waals surface area contributed by atoms with E-state index < -0.39 is 26.0 Å². The normalized spacial score (nSPS) is 21.1. The van der Waals surface area contributed by atoms with Crippen molar-refractivity contribution in [3.05, 3.63) is 32.6 Å². The summed E-state index contributed by atoms with van der Waals surface area (Å²) in [5, 5.41) is 0.165. The Morgan fingerprint density at radius 3 is 2.53 bits per heavy atom. The van der Waals surface area contributed by atoms with Crippen molar-refractivity contribution in [2.24, 2.45) is 0 Å². The molecule has 1 saturated heterocycles. The molecule has 206 valence electrons. The third kappa shape index (κ3) is 9.04. The van der Waals surface area contributed by atoms with E-state index in [0.29, 0.717) is 50.4 Å². The summed E-state index contributed by atoms with van der Waals surface area (Å²) in [5.41, 5.74) is -0.440. The van der Waals surface area contributed by atoms with Gasteiger partial charge in [-0.3, -0.25) is 19.1 Å². The highest BCUT2D eigenvalue weighted by Gasteiger charge is 2.40. The molecular formula is C24H42N3O7PS. The smallest absolute Gasteiger partial charge is 0.330 e. The van der Waals surface area contributed by atoms with Gasteiger partial charge in [0.25, 0.3) is 14.1 Å². The SMILES string of the molecule is CCC(=O)SCCOCCOP(OC1CC(n2cc(C)c(=O)[nH]c2=O)OC1CC)N(C(C)C)C(C)C. The number of hydrogen-bond acceptors (Lipinski definition) is 9. The lowest BCUT2D eigenvalue weighted by molar-refractivity contribution is -0.110. The van der Waals surface area contributed by atoms with Gasteiger partial charge in [-0.15, -0.1) is 0 Å². The molecular weight excluding hydrogens is 505 g/mol. The van der Waals surface area contributed by atoms with Crippen LogP contribution in [0.4, 0.5) is 0 Å². The molecule has 10 nitrogen and oxygen atoms in total. The third-order valence-corrected chi connectivity index (χ3v) is 8.86. The van der Waals surface area contributed by atoms with Crippen LogP contribution in [-0.4, -0.2) is 69.2 Å². The third-order valence-electron chi connectivity index (χ3n) is 5.72. The van der Waals surface area contributed by atoms with Crippen molar-refractivity contribution in [3.8, 4) is 0 Å². The van der Waals surface area contributed by atoms with E-state index in [0.717, 1.165) is 0 Å². The molecule has 36 heavy (non-hydrogen) atoms. The first-order valence-corrected chi connectivity index (χ1v) is 14.8. The van der Waals surface area contributed by atoms with E-state index in [1.807, 2.05) is 13.8 Å². The minimum Gasteiger partial charge on any atom is -0.378 e. The number of hydrogen-bond donors (Lipinski definition) is 1. The number of ether oxygens (including phenoxy) is 2. The van der Waals surface area contributed by atoms with Crippen molar-refractivity contribution in [2.45, 2.75) is 98.2 Å². The van der Waals surface area contributed by atoms with Crippen molar-refractivity contribution in [2.75, 3.05) is 25.6 Å². The summed E-state index contributed by atoms with van der Waals surface area (Å²) in [6, 6.07) is 0.382. The molecule has 2 rings (SSSR count). The molecule has 1 aliphatic rings. The van der Waals surface area contributed by atoms with Crippen LogP contribution in [-0.2, 0) is 23.3 Å². The topological polar surface area (TPSA) is 112 Å². The second kappa shape index (κ2) is 15.4. The summed E-state index contributed by atoms with van der Waals surface area (Å²) >= 11 is 1.29. The maximum Gasteiger partial charge on any atom is 0.330 e. The van der Waals surface area contributed by atoms with Crippen LogP contribution in [0.25, 0.3) is 0 Å². The molecule has 0 amide bonds. The largest absolute Gasteiger partial charge is 0.378 e. The van der Waals surface area contributed by atoms with Gasteiger partial charge in [-0.2, -0.15) is 0 Å². The fourth-order valence-electron chi connectivity index (χ4n) is 3.98. The minimum atomic E-state index is -1.42. The molecule has 0 saturated carbocycles. The second-order valence-electron chi connectivity index (χ2n) is 9.22. The Bertz CT molecular complexity index is 931. The molecule has 1 aromatic rings. The van der Waals surface area contributed by atoms with E-state index in [4.69, 9.17) is 18.5 Å². The molecule has 1 aliphatic heterocycles. The Kier molecular flexibility index (Phi) is 13.3. The van der Waals surface area contributed by atoms with Crippen molar-refractivity contribution in [1.82, 2.24) is 14.2 Å². The number of nitrogens with one attached hydrogen (secondary N) is 1. The van der Waals surface area contributed by atoms with Crippen LogP contribution in [0.5, 0.6) is 0 Å². The van der Waals surface area contributed by atoms with E-state index in [2.05, 4.69) is 37.3 Å². The predicted octanol–water partition coefficient (Wildman–Crippen LogP) is 3.98. The highest BCUT2D eigenvalue weighted by Crippen LogP contribution is 2.50. The van der Waals surface area contributed by atoms with Crippen LogP contribution in [0.3, 0.4) is 0 Å². The molecule has 12 heteroatoms. The number of carbonyl (C=O) groups excluding carboxylic acids is 1. The van der Waals surface area contributed by atoms with E-state index in [-0.39, 0.29) is 29.4 Å². The van der Waals surface area contributed by atoms with Gasteiger partial charge in [0.1, 0.15) is 6.23 Å². The van der Waals surface area contributed by atoms with Gasteiger partial charge in [0.15, 0.2) is 5.12 Å². The summed E-state index contributed by atoms with van der Waals surface area (Å²) in [6.45, 7) is 15.2. The van der Waals surface area contributed by atoms with Crippen LogP contribution >= 0.6 is 20.3 Å². The molecule has 2 heterocycles. The Morgan fingerprint density at radius 2 is 1.92 bits per heavy atom. The van der Waals surface area contributed by atoms with Crippen LogP contribution in [0.15, 0.2) is 15.8 Å². The molecule has 4 unspecified atom stereocenters. The first-order valence-electron chi connectivity index (χ1n) is 12.7. The highest BCUT2D eigenvalue weighted by molar-refractivity contribution is 8.13. The van der Waals surface area contributed by atoms with Gasteiger partial charge >= 0.3 is 5.69 Å². The van der Waals surface area contributed by atoms with Gasteiger partial charge in [-0.05, 0) is 41.0 Å². The number of aryl methyl sites for hydroxylation is 1. The van der Waals surface area contributed by atoms with Crippen LogP contribution < -0.4 is 11.2 Å². The lowest BCUT2D eigenvalue weighted by Crippen LogP contribution is -2.36. The maximum atomic E-state index is 12.4.